The van der Waals surface area contributed by atoms with Gasteiger partial charge < -0.3 is 19.2 Å². The molecule has 0 bridgehead atoms. The smallest absolute Gasteiger partial charge is 0.379 e. The molecule has 0 saturated heterocycles. The molecule has 3 aromatic rings. The number of fused-ring (bicyclic) bond motifs is 3. The zero-order valence-corrected chi connectivity index (χ0v) is 21.2. The number of hydrogen-bond acceptors (Lipinski definition) is 6. The Morgan fingerprint density at radius 3 is 2.62 bits per heavy atom. The van der Waals surface area contributed by atoms with Crippen LogP contribution in [0.3, 0.4) is 0 Å². The highest BCUT2D eigenvalue weighted by Gasteiger charge is 2.62. The maximum atomic E-state index is 14.1. The molecular formula is C26H32F3N7O. The first-order valence-electron chi connectivity index (χ1n) is 13.1. The average Bonchev–Trinajstić information content (AvgIpc) is 3.40. The van der Waals surface area contributed by atoms with E-state index in [-0.39, 0.29) is 30.8 Å². The number of alkyl halides is 3. The number of hydrogen-bond donors (Lipinski definition) is 1. The van der Waals surface area contributed by atoms with Gasteiger partial charge in [-0.05, 0) is 50.7 Å². The molecule has 1 N–H and O–H groups in total. The van der Waals surface area contributed by atoms with E-state index in [0.717, 1.165) is 48.2 Å². The summed E-state index contributed by atoms with van der Waals surface area (Å²) in [5.41, 5.74) is 1.48. The summed E-state index contributed by atoms with van der Waals surface area (Å²) in [6.45, 7) is 3.12. The molecule has 0 radical (unpaired) electrons. The Kier molecular flexibility index (Phi) is 6.00. The van der Waals surface area contributed by atoms with E-state index in [1.165, 1.54) is 0 Å². The van der Waals surface area contributed by atoms with Gasteiger partial charge in [-0.3, -0.25) is 0 Å². The zero-order valence-electron chi connectivity index (χ0n) is 21.2. The molecule has 3 aromatic heterocycles. The van der Waals surface area contributed by atoms with Gasteiger partial charge in [-0.15, -0.1) is 10.2 Å². The predicted octanol–water partition coefficient (Wildman–Crippen LogP) is 5.27. The van der Waals surface area contributed by atoms with Gasteiger partial charge in [0, 0.05) is 38.2 Å². The SMILES string of the molecule is CO[C@H]1CCCC[C@@H]1Nc1ncc(C)c(-c2cc3n(c2)CCCn2c-3nnc2C2(C(F)(F)F)CCC2)n1. The van der Waals surface area contributed by atoms with Crippen LogP contribution in [0.15, 0.2) is 18.5 Å². The number of ether oxygens (including phenoxy) is 1. The van der Waals surface area contributed by atoms with Crippen LogP contribution in [0.25, 0.3) is 22.8 Å². The molecule has 37 heavy (non-hydrogen) atoms. The number of methoxy groups -OCH3 is 1. The number of rotatable bonds is 5. The molecule has 0 unspecified atom stereocenters. The Morgan fingerprint density at radius 2 is 1.89 bits per heavy atom. The quantitative estimate of drug-likeness (QED) is 0.499. The van der Waals surface area contributed by atoms with Crippen molar-refractivity contribution in [2.24, 2.45) is 0 Å². The van der Waals surface area contributed by atoms with E-state index in [4.69, 9.17) is 9.72 Å². The second-order valence-electron chi connectivity index (χ2n) is 10.6. The third-order valence-electron chi connectivity index (χ3n) is 8.40. The lowest BCUT2D eigenvalue weighted by Crippen LogP contribution is -2.49. The van der Waals surface area contributed by atoms with E-state index >= 15 is 0 Å². The monoisotopic (exact) mass is 515 g/mol. The maximum Gasteiger partial charge on any atom is 0.401 e. The van der Waals surface area contributed by atoms with E-state index < -0.39 is 11.6 Å². The summed E-state index contributed by atoms with van der Waals surface area (Å²) in [6.07, 6.45) is 5.32. The lowest BCUT2D eigenvalue weighted by Gasteiger charge is -2.42. The molecule has 2 aliphatic carbocycles. The van der Waals surface area contributed by atoms with Crippen LogP contribution in [-0.4, -0.2) is 54.7 Å². The number of anilines is 1. The van der Waals surface area contributed by atoms with Crippen LogP contribution in [-0.2, 0) is 23.2 Å². The second-order valence-corrected chi connectivity index (χ2v) is 10.6. The lowest BCUT2D eigenvalue weighted by molar-refractivity contribution is -0.216. The van der Waals surface area contributed by atoms with Crippen molar-refractivity contribution >= 4 is 5.95 Å². The minimum atomic E-state index is -4.34. The molecule has 3 aliphatic rings. The van der Waals surface area contributed by atoms with Crippen LogP contribution in [0.5, 0.6) is 0 Å². The highest BCUT2D eigenvalue weighted by molar-refractivity contribution is 5.70. The minimum absolute atomic E-state index is 0.0577. The van der Waals surface area contributed by atoms with Gasteiger partial charge in [0.25, 0.3) is 0 Å². The first kappa shape index (κ1) is 24.4. The Bertz CT molecular complexity index is 1290. The van der Waals surface area contributed by atoms with Gasteiger partial charge in [0.2, 0.25) is 5.95 Å². The topological polar surface area (TPSA) is 82.7 Å². The van der Waals surface area contributed by atoms with Gasteiger partial charge in [-0.2, -0.15) is 13.2 Å². The summed E-state index contributed by atoms with van der Waals surface area (Å²) in [5, 5.41) is 11.9. The fraction of sp³-hybridized carbons (Fsp3) is 0.615. The summed E-state index contributed by atoms with van der Waals surface area (Å²) in [4.78, 5) is 9.36. The summed E-state index contributed by atoms with van der Waals surface area (Å²) >= 11 is 0. The third kappa shape index (κ3) is 4.02. The second kappa shape index (κ2) is 9.11. The van der Waals surface area contributed by atoms with E-state index in [2.05, 4.69) is 25.1 Å². The molecule has 6 rings (SSSR count). The standard InChI is InChI=1S/C26H32F3N7O/c1-16-14-30-24(31-18-7-3-4-8-20(18)37-2)32-21(16)17-13-19-22-33-34-23(25(9-5-10-25)26(27,28)29)36(22)12-6-11-35(19)15-17/h13-15,18,20H,3-12H2,1-2H3,(H,30,31,32)/t18-,20-/m0/s1. The van der Waals surface area contributed by atoms with Gasteiger partial charge >= 0.3 is 6.18 Å². The van der Waals surface area contributed by atoms with Crippen molar-refractivity contribution in [1.82, 2.24) is 29.3 Å². The average molecular weight is 516 g/mol. The van der Waals surface area contributed by atoms with Gasteiger partial charge in [-0.1, -0.05) is 19.3 Å². The van der Waals surface area contributed by atoms with Gasteiger partial charge in [-0.25, -0.2) is 9.97 Å². The van der Waals surface area contributed by atoms with Crippen molar-refractivity contribution in [1.29, 1.82) is 0 Å². The molecular weight excluding hydrogens is 483 g/mol. The highest BCUT2D eigenvalue weighted by Crippen LogP contribution is 2.54. The molecule has 4 heterocycles. The summed E-state index contributed by atoms with van der Waals surface area (Å²) in [6, 6.07) is 2.12. The number of aryl methyl sites for hydroxylation is 2. The summed E-state index contributed by atoms with van der Waals surface area (Å²) < 4.78 is 51.7. The molecule has 0 amide bonds. The Hall–Kier alpha value is -2.95. The Labute approximate surface area is 213 Å². The number of aromatic nitrogens is 6. The molecule has 198 valence electrons. The predicted molar refractivity (Wildman–Crippen MR) is 132 cm³/mol. The first-order valence-corrected chi connectivity index (χ1v) is 13.1. The van der Waals surface area contributed by atoms with Crippen molar-refractivity contribution in [3.63, 3.8) is 0 Å². The van der Waals surface area contributed by atoms with Gasteiger partial charge in [0.15, 0.2) is 5.82 Å². The summed E-state index contributed by atoms with van der Waals surface area (Å²) in [7, 11) is 1.74. The van der Waals surface area contributed by atoms with Crippen molar-refractivity contribution in [2.45, 2.75) is 95.1 Å². The highest BCUT2D eigenvalue weighted by atomic mass is 19.4. The number of nitrogens with zero attached hydrogens (tertiary/aromatic N) is 6. The largest absolute Gasteiger partial charge is 0.401 e. The van der Waals surface area contributed by atoms with E-state index in [1.807, 2.05) is 25.4 Å². The van der Waals surface area contributed by atoms with Crippen LogP contribution >= 0.6 is 0 Å². The molecule has 2 atom stereocenters. The van der Waals surface area contributed by atoms with Crippen LogP contribution < -0.4 is 5.32 Å². The van der Waals surface area contributed by atoms with Crippen LogP contribution in [0.1, 0.15) is 62.8 Å². The van der Waals surface area contributed by atoms with Crippen LogP contribution in [0.2, 0.25) is 0 Å². The molecule has 2 saturated carbocycles. The Morgan fingerprint density at radius 1 is 1.08 bits per heavy atom. The summed E-state index contributed by atoms with van der Waals surface area (Å²) in [5.74, 6) is 1.10. The van der Waals surface area contributed by atoms with Gasteiger partial charge in [0.05, 0.1) is 23.5 Å². The normalized spacial score (nSPS) is 23.1. The third-order valence-corrected chi connectivity index (χ3v) is 8.40. The maximum absolute atomic E-state index is 14.1. The fourth-order valence-electron chi connectivity index (χ4n) is 6.15. The number of halogens is 3. The van der Waals surface area contributed by atoms with Crippen molar-refractivity contribution < 1.29 is 17.9 Å². The molecule has 1 aliphatic heterocycles. The van der Waals surface area contributed by atoms with Crippen LogP contribution in [0.4, 0.5) is 19.1 Å². The zero-order chi connectivity index (χ0) is 25.8. The van der Waals surface area contributed by atoms with E-state index in [9.17, 15) is 13.2 Å². The molecule has 0 spiro atoms. The van der Waals surface area contributed by atoms with Crippen LogP contribution in [0, 0.1) is 6.92 Å². The first-order chi connectivity index (χ1) is 17.8. The van der Waals surface area contributed by atoms with Crippen molar-refractivity contribution in [3.05, 3.63) is 29.8 Å². The minimum Gasteiger partial charge on any atom is -0.379 e. The van der Waals surface area contributed by atoms with Crippen molar-refractivity contribution in [2.75, 3.05) is 12.4 Å². The lowest BCUT2D eigenvalue weighted by atomic mass is 9.67. The molecule has 0 aromatic carbocycles. The molecule has 8 nitrogen and oxygen atoms in total. The van der Waals surface area contributed by atoms with Gasteiger partial charge in [0.1, 0.15) is 11.2 Å². The van der Waals surface area contributed by atoms with Crippen molar-refractivity contribution in [3.8, 4) is 22.8 Å². The van der Waals surface area contributed by atoms with E-state index in [0.29, 0.717) is 37.7 Å². The molecule has 2 fully saturated rings. The number of nitrogens with one attached hydrogen (secondary N) is 1. The molecule has 11 heteroatoms. The Balaban J connectivity index is 1.34. The van der Waals surface area contributed by atoms with E-state index in [1.54, 1.807) is 11.7 Å². The fourth-order valence-corrected chi connectivity index (χ4v) is 6.15.